The summed E-state index contributed by atoms with van der Waals surface area (Å²) >= 11 is 1.79. The number of nitrogens with one attached hydrogen (secondary N) is 1. The third-order valence-corrected chi connectivity index (χ3v) is 6.67. The highest BCUT2D eigenvalue weighted by Crippen LogP contribution is 2.37. The molecule has 0 aliphatic carbocycles. The zero-order valence-electron chi connectivity index (χ0n) is 16.3. The van der Waals surface area contributed by atoms with E-state index in [0.29, 0.717) is 6.54 Å². The molecule has 0 bridgehead atoms. The van der Waals surface area contributed by atoms with Crippen molar-refractivity contribution in [1.82, 2.24) is 15.1 Å². The molecule has 2 aliphatic rings. The number of hydrogen-bond donors (Lipinski definition) is 1. The molecule has 0 radical (unpaired) electrons. The van der Waals surface area contributed by atoms with Gasteiger partial charge in [0.2, 0.25) is 11.8 Å². The van der Waals surface area contributed by atoms with E-state index in [1.807, 2.05) is 23.1 Å². The highest BCUT2D eigenvalue weighted by atomic mass is 32.1. The fourth-order valence-corrected chi connectivity index (χ4v) is 5.37. The number of likely N-dealkylation sites (tertiary alicyclic amines) is 1. The van der Waals surface area contributed by atoms with Gasteiger partial charge in [-0.2, -0.15) is 0 Å². The lowest BCUT2D eigenvalue weighted by molar-refractivity contribution is -0.134. The summed E-state index contributed by atoms with van der Waals surface area (Å²) in [4.78, 5) is 30.3. The Morgan fingerprint density at radius 3 is 2.79 bits per heavy atom. The zero-order valence-corrected chi connectivity index (χ0v) is 17.1. The van der Waals surface area contributed by atoms with E-state index in [9.17, 15) is 9.59 Å². The number of nitrogens with zero attached hydrogens (tertiary/aromatic N) is 2. The summed E-state index contributed by atoms with van der Waals surface area (Å²) in [7, 11) is 0. The molecule has 1 aromatic carbocycles. The minimum atomic E-state index is -0.000341. The molecule has 1 N–H and O–H groups in total. The Kier molecular flexibility index (Phi) is 5.78. The molecule has 0 spiro atoms. The number of hydrogen-bond acceptors (Lipinski definition) is 4. The van der Waals surface area contributed by atoms with Gasteiger partial charge < -0.3 is 10.2 Å². The number of benzene rings is 1. The molecule has 6 heteroatoms. The second-order valence-corrected chi connectivity index (χ2v) is 8.72. The number of amides is 2. The van der Waals surface area contributed by atoms with Gasteiger partial charge in [-0.15, -0.1) is 11.3 Å². The average molecular weight is 398 g/mol. The first-order chi connectivity index (χ1) is 13.6. The smallest absolute Gasteiger partial charge is 0.237 e. The normalized spacial score (nSPS) is 22.5. The lowest BCUT2D eigenvalue weighted by Gasteiger charge is -2.39. The number of piperidine rings is 1. The van der Waals surface area contributed by atoms with E-state index < -0.39 is 0 Å². The molecular formula is C22H27N3O2S. The highest BCUT2D eigenvalue weighted by Gasteiger charge is 2.33. The maximum absolute atomic E-state index is 13.3. The second kappa shape index (κ2) is 8.45. The fraction of sp³-hybridized carbons (Fsp3) is 0.455. The predicted octanol–water partition coefficient (Wildman–Crippen LogP) is 2.82. The molecule has 148 valence electrons. The van der Waals surface area contributed by atoms with Crippen molar-refractivity contribution in [3.8, 4) is 0 Å². The van der Waals surface area contributed by atoms with Crippen LogP contribution in [0.25, 0.3) is 0 Å². The number of carbonyl (C=O) groups excluding carboxylic acids is 2. The van der Waals surface area contributed by atoms with Crippen molar-refractivity contribution < 1.29 is 9.59 Å². The first kappa shape index (κ1) is 19.2. The molecule has 4 rings (SSSR count). The molecule has 5 nitrogen and oxygen atoms in total. The molecule has 0 saturated carbocycles. The Bertz CT molecular complexity index is 835. The van der Waals surface area contributed by atoms with Crippen LogP contribution in [0.5, 0.6) is 0 Å². The van der Waals surface area contributed by atoms with E-state index >= 15 is 0 Å². The number of thiophene rings is 1. The molecule has 1 saturated heterocycles. The number of fused-ring (bicyclic) bond motifs is 1. The quantitative estimate of drug-likeness (QED) is 0.863. The van der Waals surface area contributed by atoms with Crippen molar-refractivity contribution >= 4 is 23.2 Å². The standard InChI is InChI=1S/C22H27N3O2S/c1-16(26)23-18-8-5-11-24(14-18)15-21(27)25-12-9-20-19(10-13-28-20)22(25)17-6-3-2-4-7-17/h2-4,6-7,10,13,18,22H,5,8-9,11-12,14-15H2,1H3,(H,23,26). The van der Waals surface area contributed by atoms with Gasteiger partial charge >= 0.3 is 0 Å². The summed E-state index contributed by atoms with van der Waals surface area (Å²) < 4.78 is 0. The van der Waals surface area contributed by atoms with Crippen molar-refractivity contribution in [2.24, 2.45) is 0 Å². The summed E-state index contributed by atoms with van der Waals surface area (Å²) in [6.45, 7) is 4.39. The Morgan fingerprint density at radius 2 is 2.00 bits per heavy atom. The first-order valence-electron chi connectivity index (χ1n) is 10.0. The SMILES string of the molecule is CC(=O)NC1CCCN(CC(=O)N2CCc3sccc3C2c2ccccc2)C1. The van der Waals surface area contributed by atoms with Crippen molar-refractivity contribution in [2.75, 3.05) is 26.2 Å². The van der Waals surface area contributed by atoms with Gasteiger partial charge in [-0.1, -0.05) is 30.3 Å². The maximum Gasteiger partial charge on any atom is 0.237 e. The molecule has 2 unspecified atom stereocenters. The van der Waals surface area contributed by atoms with Crippen LogP contribution in [-0.4, -0.2) is 53.8 Å². The number of rotatable bonds is 4. The molecule has 3 heterocycles. The van der Waals surface area contributed by atoms with E-state index in [2.05, 4.69) is 33.8 Å². The molecule has 2 amide bonds. The van der Waals surface area contributed by atoms with Gasteiger partial charge in [0.25, 0.3) is 0 Å². The lowest BCUT2D eigenvalue weighted by Crippen LogP contribution is -2.51. The Balaban J connectivity index is 1.50. The first-order valence-corrected chi connectivity index (χ1v) is 10.9. The van der Waals surface area contributed by atoms with Crippen LogP contribution in [0.4, 0.5) is 0 Å². The van der Waals surface area contributed by atoms with Gasteiger partial charge in [0, 0.05) is 30.9 Å². The zero-order chi connectivity index (χ0) is 19.5. The van der Waals surface area contributed by atoms with Crippen LogP contribution in [0.1, 0.15) is 41.8 Å². The van der Waals surface area contributed by atoms with E-state index in [1.54, 1.807) is 18.3 Å². The van der Waals surface area contributed by atoms with E-state index in [4.69, 9.17) is 0 Å². The van der Waals surface area contributed by atoms with Crippen LogP contribution in [0.15, 0.2) is 41.8 Å². The number of carbonyl (C=O) groups is 2. The van der Waals surface area contributed by atoms with Crippen LogP contribution in [0.2, 0.25) is 0 Å². The third kappa shape index (κ3) is 4.13. The summed E-state index contributed by atoms with van der Waals surface area (Å²) in [5, 5.41) is 5.14. The van der Waals surface area contributed by atoms with Crippen molar-refractivity contribution in [3.05, 3.63) is 57.8 Å². The van der Waals surface area contributed by atoms with Crippen molar-refractivity contribution in [1.29, 1.82) is 0 Å². The van der Waals surface area contributed by atoms with E-state index in [-0.39, 0.29) is 23.9 Å². The van der Waals surface area contributed by atoms with Gasteiger partial charge in [-0.05, 0) is 48.4 Å². The van der Waals surface area contributed by atoms with Crippen LogP contribution < -0.4 is 5.32 Å². The second-order valence-electron chi connectivity index (χ2n) is 7.72. The summed E-state index contributed by atoms with van der Waals surface area (Å²) in [6, 6.07) is 12.7. The lowest BCUT2D eigenvalue weighted by atomic mass is 9.93. The van der Waals surface area contributed by atoms with Gasteiger partial charge in [-0.25, -0.2) is 0 Å². The van der Waals surface area contributed by atoms with E-state index in [0.717, 1.165) is 38.9 Å². The molecule has 1 fully saturated rings. The molecule has 2 aromatic rings. The minimum absolute atomic E-state index is 0.000341. The van der Waals surface area contributed by atoms with E-state index in [1.165, 1.54) is 16.0 Å². The van der Waals surface area contributed by atoms with Crippen molar-refractivity contribution in [3.63, 3.8) is 0 Å². The Hall–Kier alpha value is -2.18. The molecular weight excluding hydrogens is 370 g/mol. The van der Waals surface area contributed by atoms with Gasteiger partial charge in [0.05, 0.1) is 12.6 Å². The summed E-state index contributed by atoms with van der Waals surface area (Å²) in [5.41, 5.74) is 2.44. The van der Waals surface area contributed by atoms with Gasteiger partial charge in [0.1, 0.15) is 0 Å². The topological polar surface area (TPSA) is 52.7 Å². The van der Waals surface area contributed by atoms with Crippen LogP contribution in [-0.2, 0) is 16.0 Å². The maximum atomic E-state index is 13.3. The van der Waals surface area contributed by atoms with Crippen molar-refractivity contribution in [2.45, 2.75) is 38.3 Å². The molecule has 1 aromatic heterocycles. The molecule has 28 heavy (non-hydrogen) atoms. The third-order valence-electron chi connectivity index (χ3n) is 5.67. The van der Waals surface area contributed by atoms with Crippen LogP contribution >= 0.6 is 11.3 Å². The van der Waals surface area contributed by atoms with Crippen LogP contribution in [0, 0.1) is 0 Å². The van der Waals surface area contributed by atoms with Gasteiger partial charge in [-0.3, -0.25) is 14.5 Å². The summed E-state index contributed by atoms with van der Waals surface area (Å²) in [5.74, 6) is 0.178. The highest BCUT2D eigenvalue weighted by molar-refractivity contribution is 7.10. The fourth-order valence-electron chi connectivity index (χ4n) is 4.47. The van der Waals surface area contributed by atoms with Crippen LogP contribution in [0.3, 0.4) is 0 Å². The van der Waals surface area contributed by atoms with Gasteiger partial charge in [0.15, 0.2) is 0 Å². The Morgan fingerprint density at radius 1 is 1.18 bits per heavy atom. The predicted molar refractivity (Wildman–Crippen MR) is 111 cm³/mol. The largest absolute Gasteiger partial charge is 0.352 e. The average Bonchev–Trinajstić information content (AvgIpc) is 3.16. The Labute approximate surface area is 170 Å². The summed E-state index contributed by atoms with van der Waals surface area (Å²) in [6.07, 6.45) is 2.92. The monoisotopic (exact) mass is 397 g/mol. The molecule has 2 atom stereocenters. The minimum Gasteiger partial charge on any atom is -0.352 e. The molecule has 2 aliphatic heterocycles.